The van der Waals surface area contributed by atoms with Crippen molar-refractivity contribution in [2.45, 2.75) is 13.5 Å². The Labute approximate surface area is 153 Å². The maximum Gasteiger partial charge on any atom is 0.329 e. The second-order valence-electron chi connectivity index (χ2n) is 5.84. The Morgan fingerprint density at radius 1 is 1.33 bits per heavy atom. The molecule has 0 aliphatic rings. The number of hydrazone groups is 1. The van der Waals surface area contributed by atoms with Gasteiger partial charge in [-0.25, -0.2) is 10.2 Å². The number of aliphatic hydroxyl groups excluding tert-OH is 1. The van der Waals surface area contributed by atoms with E-state index in [9.17, 15) is 14.7 Å². The Balaban J connectivity index is 2.01. The second kappa shape index (κ2) is 7.46. The van der Waals surface area contributed by atoms with Gasteiger partial charge in [0.2, 0.25) is 5.95 Å². The van der Waals surface area contributed by atoms with Crippen LogP contribution in [0.4, 0.5) is 5.95 Å². The van der Waals surface area contributed by atoms with E-state index in [4.69, 9.17) is 4.74 Å². The number of aromatic amines is 1. The summed E-state index contributed by atoms with van der Waals surface area (Å²) in [6.07, 6.45) is 0. The van der Waals surface area contributed by atoms with Gasteiger partial charge in [0, 0.05) is 13.6 Å². The number of H-pyrrole nitrogens is 1. The van der Waals surface area contributed by atoms with Gasteiger partial charge in [0.05, 0.1) is 19.4 Å². The van der Waals surface area contributed by atoms with Gasteiger partial charge in [-0.15, -0.1) is 0 Å². The predicted molar refractivity (Wildman–Crippen MR) is 102 cm³/mol. The molecule has 2 heterocycles. The number of aliphatic hydroxyl groups is 1. The van der Waals surface area contributed by atoms with E-state index < -0.39 is 11.2 Å². The van der Waals surface area contributed by atoms with Crippen molar-refractivity contribution in [3.63, 3.8) is 0 Å². The second-order valence-corrected chi connectivity index (χ2v) is 5.84. The van der Waals surface area contributed by atoms with Crippen molar-refractivity contribution in [1.29, 1.82) is 0 Å². The first-order chi connectivity index (χ1) is 13.0. The van der Waals surface area contributed by atoms with Gasteiger partial charge in [-0.3, -0.25) is 14.3 Å². The van der Waals surface area contributed by atoms with Crippen LogP contribution in [0.2, 0.25) is 0 Å². The average molecular weight is 372 g/mol. The lowest BCUT2D eigenvalue weighted by Gasteiger charge is -2.07. The third-order valence-corrected chi connectivity index (χ3v) is 4.16. The van der Waals surface area contributed by atoms with Crippen LogP contribution < -0.4 is 21.4 Å². The fourth-order valence-electron chi connectivity index (χ4n) is 2.67. The van der Waals surface area contributed by atoms with Gasteiger partial charge in [0.25, 0.3) is 5.56 Å². The number of aryl methyl sites for hydroxylation is 1. The number of methoxy groups -OCH3 is 1. The van der Waals surface area contributed by atoms with Crippen LogP contribution in [-0.4, -0.2) is 43.6 Å². The summed E-state index contributed by atoms with van der Waals surface area (Å²) in [5.74, 6) is 0.989. The third-order valence-electron chi connectivity index (χ3n) is 4.16. The molecule has 3 aromatic rings. The van der Waals surface area contributed by atoms with Gasteiger partial charge in [-0.1, -0.05) is 0 Å². The SMILES string of the molecule is COc1ccc(/C(C)=N\Nc2nc3c(c(=O)[nH]c(=O)n3C)n2CCO)cc1. The van der Waals surface area contributed by atoms with E-state index in [2.05, 4.69) is 20.5 Å². The molecule has 0 fully saturated rings. The first-order valence-electron chi connectivity index (χ1n) is 8.21. The van der Waals surface area contributed by atoms with Crippen molar-refractivity contribution in [3.8, 4) is 5.75 Å². The molecule has 0 amide bonds. The van der Waals surface area contributed by atoms with Crippen LogP contribution >= 0.6 is 0 Å². The normalized spacial score (nSPS) is 11.8. The lowest BCUT2D eigenvalue weighted by atomic mass is 10.1. The zero-order chi connectivity index (χ0) is 19.6. The Bertz CT molecular complexity index is 1110. The van der Waals surface area contributed by atoms with Gasteiger partial charge in [-0.05, 0) is 36.8 Å². The molecule has 0 radical (unpaired) electrons. The number of nitrogens with one attached hydrogen (secondary N) is 2. The van der Waals surface area contributed by atoms with Crippen molar-refractivity contribution in [2.75, 3.05) is 19.1 Å². The van der Waals surface area contributed by atoms with Gasteiger partial charge in [0.1, 0.15) is 5.75 Å². The molecule has 0 unspecified atom stereocenters. The summed E-state index contributed by atoms with van der Waals surface area (Å²) in [6, 6.07) is 7.38. The fraction of sp³-hybridized carbons (Fsp3) is 0.294. The predicted octanol–water partition coefficient (Wildman–Crippen LogP) is 0.260. The third kappa shape index (κ3) is 3.47. The Morgan fingerprint density at radius 2 is 2.04 bits per heavy atom. The molecule has 142 valence electrons. The van der Waals surface area contributed by atoms with Gasteiger partial charge < -0.3 is 14.4 Å². The lowest BCUT2D eigenvalue weighted by Crippen LogP contribution is -2.29. The Morgan fingerprint density at radius 3 is 2.67 bits per heavy atom. The molecule has 0 aliphatic carbocycles. The number of hydrogen-bond donors (Lipinski definition) is 3. The largest absolute Gasteiger partial charge is 0.497 e. The average Bonchev–Trinajstić information content (AvgIpc) is 3.04. The minimum Gasteiger partial charge on any atom is -0.497 e. The molecule has 0 saturated heterocycles. The topological polar surface area (TPSA) is 127 Å². The summed E-state index contributed by atoms with van der Waals surface area (Å²) >= 11 is 0. The zero-order valence-corrected chi connectivity index (χ0v) is 15.2. The fourth-order valence-corrected chi connectivity index (χ4v) is 2.67. The van der Waals surface area contributed by atoms with Crippen molar-refractivity contribution in [1.82, 2.24) is 19.1 Å². The smallest absolute Gasteiger partial charge is 0.329 e. The Hall–Kier alpha value is -3.40. The van der Waals surface area contributed by atoms with Gasteiger partial charge >= 0.3 is 5.69 Å². The quantitative estimate of drug-likeness (QED) is 0.421. The monoisotopic (exact) mass is 372 g/mol. The number of nitrogens with zero attached hydrogens (tertiary/aromatic N) is 4. The number of anilines is 1. The van der Waals surface area contributed by atoms with E-state index in [1.165, 1.54) is 16.2 Å². The standard InChI is InChI=1S/C17H20N6O4/c1-10(11-4-6-12(27-3)7-5-11)20-21-16-18-14-13(23(16)8-9-24)15(25)19-17(26)22(14)2/h4-7,24H,8-9H2,1-3H3,(H,18,21)(H,19,25,26)/b20-10-. The van der Waals surface area contributed by atoms with Gasteiger partial charge in [0.15, 0.2) is 11.2 Å². The summed E-state index contributed by atoms with van der Waals surface area (Å²) in [5, 5.41) is 13.6. The molecular formula is C17H20N6O4. The highest BCUT2D eigenvalue weighted by Gasteiger charge is 2.16. The highest BCUT2D eigenvalue weighted by molar-refractivity contribution is 5.99. The van der Waals surface area contributed by atoms with E-state index in [0.717, 1.165) is 11.3 Å². The lowest BCUT2D eigenvalue weighted by molar-refractivity contribution is 0.278. The van der Waals surface area contributed by atoms with Crippen molar-refractivity contribution in [2.24, 2.45) is 12.1 Å². The van der Waals surface area contributed by atoms with Crippen LogP contribution in [-0.2, 0) is 13.6 Å². The molecular weight excluding hydrogens is 352 g/mol. The molecule has 10 nitrogen and oxygen atoms in total. The molecule has 0 atom stereocenters. The van der Waals surface area contributed by atoms with Gasteiger partial charge in [-0.2, -0.15) is 10.1 Å². The molecule has 10 heteroatoms. The molecule has 3 rings (SSSR count). The number of aromatic nitrogens is 4. The van der Waals surface area contributed by atoms with E-state index in [1.54, 1.807) is 7.11 Å². The van der Waals surface area contributed by atoms with E-state index in [-0.39, 0.29) is 30.3 Å². The van der Waals surface area contributed by atoms with Crippen molar-refractivity contribution in [3.05, 3.63) is 50.7 Å². The minimum absolute atomic E-state index is 0.122. The number of rotatable bonds is 6. The first-order valence-corrected chi connectivity index (χ1v) is 8.21. The number of fused-ring (bicyclic) bond motifs is 1. The molecule has 2 aromatic heterocycles. The first kappa shape index (κ1) is 18.4. The highest BCUT2D eigenvalue weighted by atomic mass is 16.5. The summed E-state index contributed by atoms with van der Waals surface area (Å²) < 4.78 is 7.85. The van der Waals surface area contributed by atoms with Crippen LogP contribution in [0.25, 0.3) is 11.2 Å². The molecule has 0 aliphatic heterocycles. The number of ether oxygens (including phenoxy) is 1. The van der Waals surface area contributed by atoms with Crippen LogP contribution in [0.15, 0.2) is 39.0 Å². The van der Waals surface area contributed by atoms with Crippen LogP contribution in [0.3, 0.4) is 0 Å². The highest BCUT2D eigenvalue weighted by Crippen LogP contribution is 2.16. The summed E-state index contributed by atoms with van der Waals surface area (Å²) in [7, 11) is 3.10. The molecule has 1 aromatic carbocycles. The van der Waals surface area contributed by atoms with E-state index in [0.29, 0.717) is 5.71 Å². The number of benzene rings is 1. The maximum atomic E-state index is 12.2. The van der Waals surface area contributed by atoms with E-state index >= 15 is 0 Å². The molecule has 0 bridgehead atoms. The summed E-state index contributed by atoms with van der Waals surface area (Å²) in [5.41, 5.74) is 3.63. The molecule has 3 N–H and O–H groups in total. The van der Waals surface area contributed by atoms with Crippen LogP contribution in [0.5, 0.6) is 5.75 Å². The molecule has 0 spiro atoms. The van der Waals surface area contributed by atoms with Crippen LogP contribution in [0.1, 0.15) is 12.5 Å². The summed E-state index contributed by atoms with van der Waals surface area (Å²) in [4.78, 5) is 30.5. The molecule has 27 heavy (non-hydrogen) atoms. The van der Waals surface area contributed by atoms with Crippen LogP contribution in [0, 0.1) is 0 Å². The Kier molecular flexibility index (Phi) is 5.08. The molecule has 0 saturated carbocycles. The minimum atomic E-state index is -0.571. The number of imidazole rings is 1. The van der Waals surface area contributed by atoms with E-state index in [1.807, 2.05) is 31.2 Å². The maximum absolute atomic E-state index is 12.2. The van der Waals surface area contributed by atoms with Crippen molar-refractivity contribution < 1.29 is 9.84 Å². The number of hydrogen-bond acceptors (Lipinski definition) is 7. The summed E-state index contributed by atoms with van der Waals surface area (Å²) in [6.45, 7) is 1.73. The van der Waals surface area contributed by atoms with Crippen molar-refractivity contribution >= 4 is 22.8 Å². The zero-order valence-electron chi connectivity index (χ0n) is 15.2.